The molecule has 0 aliphatic heterocycles. The number of pyridine rings is 1. The van der Waals surface area contributed by atoms with E-state index >= 15 is 0 Å². The minimum absolute atomic E-state index is 0.186. The number of benzene rings is 2. The van der Waals surface area contributed by atoms with Crippen LogP contribution in [0.2, 0.25) is 0 Å². The van der Waals surface area contributed by atoms with Gasteiger partial charge < -0.3 is 9.84 Å². The monoisotopic (exact) mass is 237 g/mol. The number of aromatic hydroxyl groups is 1. The summed E-state index contributed by atoms with van der Waals surface area (Å²) in [5, 5.41) is 10.4. The molecule has 0 atom stereocenters. The first-order valence-electron chi connectivity index (χ1n) is 5.63. The van der Waals surface area contributed by atoms with Crippen molar-refractivity contribution in [2.45, 2.75) is 0 Å². The van der Waals surface area contributed by atoms with Crippen molar-refractivity contribution < 1.29 is 9.84 Å². The molecule has 0 aliphatic rings. The second kappa shape index (κ2) is 4.37. The number of fused-ring (bicyclic) bond motifs is 1. The highest BCUT2D eigenvalue weighted by Crippen LogP contribution is 2.29. The lowest BCUT2D eigenvalue weighted by Crippen LogP contribution is -1.87. The minimum atomic E-state index is 0.186. The lowest BCUT2D eigenvalue weighted by Gasteiger charge is -2.08. The van der Waals surface area contributed by atoms with E-state index in [2.05, 4.69) is 4.98 Å². The highest BCUT2D eigenvalue weighted by atomic mass is 16.5. The molecule has 0 amide bonds. The standard InChI is InChI=1S/C15H11NO2/c17-11-4-3-5-12(10-11)18-15-8-9-16-14-7-2-1-6-13(14)15/h1-10,17H. The van der Waals surface area contributed by atoms with Crippen LogP contribution >= 0.6 is 0 Å². The number of para-hydroxylation sites is 1. The van der Waals surface area contributed by atoms with Gasteiger partial charge in [-0.25, -0.2) is 0 Å². The van der Waals surface area contributed by atoms with Crippen LogP contribution in [-0.4, -0.2) is 10.1 Å². The zero-order valence-electron chi connectivity index (χ0n) is 9.58. The summed E-state index contributed by atoms with van der Waals surface area (Å²) in [5.41, 5.74) is 0.884. The van der Waals surface area contributed by atoms with Crippen LogP contribution in [0.25, 0.3) is 10.9 Å². The van der Waals surface area contributed by atoms with E-state index in [1.165, 1.54) is 0 Å². The van der Waals surface area contributed by atoms with Crippen molar-refractivity contribution in [3.8, 4) is 17.2 Å². The van der Waals surface area contributed by atoms with Crippen LogP contribution in [0.3, 0.4) is 0 Å². The zero-order valence-corrected chi connectivity index (χ0v) is 9.58. The fourth-order valence-corrected chi connectivity index (χ4v) is 1.83. The van der Waals surface area contributed by atoms with Crippen LogP contribution in [0.1, 0.15) is 0 Å². The van der Waals surface area contributed by atoms with E-state index in [4.69, 9.17) is 4.74 Å². The molecule has 0 spiro atoms. The van der Waals surface area contributed by atoms with Gasteiger partial charge in [-0.1, -0.05) is 18.2 Å². The average molecular weight is 237 g/mol. The van der Waals surface area contributed by atoms with E-state index in [0.29, 0.717) is 5.75 Å². The largest absolute Gasteiger partial charge is 0.508 e. The van der Waals surface area contributed by atoms with Crippen LogP contribution in [0.15, 0.2) is 60.8 Å². The molecule has 3 heteroatoms. The molecular formula is C15H11NO2. The summed E-state index contributed by atoms with van der Waals surface area (Å²) in [7, 11) is 0. The van der Waals surface area contributed by atoms with Crippen molar-refractivity contribution in [1.82, 2.24) is 4.98 Å². The number of phenols is 1. The Morgan fingerprint density at radius 2 is 1.83 bits per heavy atom. The molecule has 0 unspecified atom stereocenters. The number of hydrogen-bond acceptors (Lipinski definition) is 3. The zero-order chi connectivity index (χ0) is 12.4. The van der Waals surface area contributed by atoms with Gasteiger partial charge in [0.05, 0.1) is 5.52 Å². The van der Waals surface area contributed by atoms with Crippen molar-refractivity contribution in [3.63, 3.8) is 0 Å². The van der Waals surface area contributed by atoms with Crippen LogP contribution in [0.5, 0.6) is 17.2 Å². The fraction of sp³-hybridized carbons (Fsp3) is 0. The highest BCUT2D eigenvalue weighted by Gasteiger charge is 2.03. The second-order valence-corrected chi connectivity index (χ2v) is 3.93. The second-order valence-electron chi connectivity index (χ2n) is 3.93. The lowest BCUT2D eigenvalue weighted by molar-refractivity contribution is 0.457. The smallest absolute Gasteiger partial charge is 0.138 e. The Kier molecular flexibility index (Phi) is 2.57. The van der Waals surface area contributed by atoms with Crippen molar-refractivity contribution in [3.05, 3.63) is 60.8 Å². The number of nitrogens with zero attached hydrogens (tertiary/aromatic N) is 1. The highest BCUT2D eigenvalue weighted by molar-refractivity contribution is 5.84. The van der Waals surface area contributed by atoms with Gasteiger partial charge in [-0.05, 0) is 30.3 Å². The average Bonchev–Trinajstić information content (AvgIpc) is 2.39. The van der Waals surface area contributed by atoms with Gasteiger partial charge in [0.25, 0.3) is 0 Å². The maximum absolute atomic E-state index is 9.41. The molecule has 0 saturated carbocycles. The maximum atomic E-state index is 9.41. The van der Waals surface area contributed by atoms with E-state index in [1.54, 1.807) is 30.5 Å². The number of ether oxygens (including phenoxy) is 1. The van der Waals surface area contributed by atoms with E-state index in [0.717, 1.165) is 16.7 Å². The first-order chi connectivity index (χ1) is 8.83. The Balaban J connectivity index is 2.05. The van der Waals surface area contributed by atoms with Gasteiger partial charge in [0.2, 0.25) is 0 Å². The number of rotatable bonds is 2. The Labute approximate surface area is 104 Å². The Morgan fingerprint density at radius 1 is 0.944 bits per heavy atom. The summed E-state index contributed by atoms with van der Waals surface area (Å²) >= 11 is 0. The summed E-state index contributed by atoms with van der Waals surface area (Å²) in [6, 6.07) is 16.3. The topological polar surface area (TPSA) is 42.4 Å². The first-order valence-corrected chi connectivity index (χ1v) is 5.63. The van der Waals surface area contributed by atoms with Gasteiger partial charge in [-0.15, -0.1) is 0 Å². The molecule has 1 aromatic heterocycles. The Morgan fingerprint density at radius 3 is 2.72 bits per heavy atom. The van der Waals surface area contributed by atoms with Crippen molar-refractivity contribution in [2.24, 2.45) is 0 Å². The Hall–Kier alpha value is -2.55. The predicted molar refractivity (Wildman–Crippen MR) is 69.9 cm³/mol. The van der Waals surface area contributed by atoms with Gasteiger partial charge >= 0.3 is 0 Å². The summed E-state index contributed by atoms with van der Waals surface area (Å²) in [6.45, 7) is 0. The molecule has 1 heterocycles. The Bertz CT molecular complexity index is 689. The summed E-state index contributed by atoms with van der Waals surface area (Å²) < 4.78 is 5.77. The molecule has 88 valence electrons. The van der Waals surface area contributed by atoms with Crippen molar-refractivity contribution in [1.29, 1.82) is 0 Å². The predicted octanol–water partition coefficient (Wildman–Crippen LogP) is 3.73. The molecule has 0 saturated heterocycles. The lowest BCUT2D eigenvalue weighted by atomic mass is 10.2. The molecule has 3 nitrogen and oxygen atoms in total. The van der Waals surface area contributed by atoms with Crippen LogP contribution in [-0.2, 0) is 0 Å². The van der Waals surface area contributed by atoms with Gasteiger partial charge in [0.1, 0.15) is 17.2 Å². The van der Waals surface area contributed by atoms with Crippen LogP contribution < -0.4 is 4.74 Å². The summed E-state index contributed by atoms with van der Waals surface area (Å²) in [4.78, 5) is 4.27. The number of aromatic nitrogens is 1. The fourth-order valence-electron chi connectivity index (χ4n) is 1.83. The van der Waals surface area contributed by atoms with E-state index in [9.17, 15) is 5.11 Å². The van der Waals surface area contributed by atoms with Gasteiger partial charge in [-0.2, -0.15) is 0 Å². The molecule has 2 aromatic carbocycles. The van der Waals surface area contributed by atoms with E-state index in [1.807, 2.05) is 30.3 Å². The van der Waals surface area contributed by atoms with E-state index in [-0.39, 0.29) is 5.75 Å². The normalized spacial score (nSPS) is 10.4. The molecular weight excluding hydrogens is 226 g/mol. The summed E-state index contributed by atoms with van der Waals surface area (Å²) in [5.74, 6) is 1.52. The third kappa shape index (κ3) is 1.98. The molecule has 18 heavy (non-hydrogen) atoms. The first kappa shape index (κ1) is 10.6. The van der Waals surface area contributed by atoms with Gasteiger partial charge in [0.15, 0.2) is 0 Å². The minimum Gasteiger partial charge on any atom is -0.508 e. The molecule has 1 N–H and O–H groups in total. The number of hydrogen-bond donors (Lipinski definition) is 1. The van der Waals surface area contributed by atoms with Crippen molar-refractivity contribution >= 4 is 10.9 Å². The van der Waals surface area contributed by atoms with E-state index < -0.39 is 0 Å². The van der Waals surface area contributed by atoms with Crippen LogP contribution in [0, 0.1) is 0 Å². The molecule has 0 radical (unpaired) electrons. The maximum Gasteiger partial charge on any atom is 0.138 e. The quantitative estimate of drug-likeness (QED) is 0.738. The number of phenolic OH excluding ortho intramolecular Hbond substituents is 1. The summed E-state index contributed by atoms with van der Waals surface area (Å²) in [6.07, 6.45) is 1.71. The molecule has 3 aromatic rings. The third-order valence-electron chi connectivity index (χ3n) is 2.65. The SMILES string of the molecule is Oc1cccc(Oc2ccnc3ccccc23)c1. The molecule has 0 bridgehead atoms. The molecule has 3 rings (SSSR count). The van der Waals surface area contributed by atoms with Crippen LogP contribution in [0.4, 0.5) is 0 Å². The third-order valence-corrected chi connectivity index (χ3v) is 2.65. The van der Waals surface area contributed by atoms with Gasteiger partial charge in [-0.3, -0.25) is 4.98 Å². The van der Waals surface area contributed by atoms with Gasteiger partial charge in [0, 0.05) is 17.6 Å². The van der Waals surface area contributed by atoms with Crippen molar-refractivity contribution in [2.75, 3.05) is 0 Å². The molecule has 0 fully saturated rings. The molecule has 0 aliphatic carbocycles.